The van der Waals surface area contributed by atoms with Crippen molar-refractivity contribution in [2.24, 2.45) is 0 Å². The molecule has 104 valence electrons. The number of carbonyl (C=O) groups excluding carboxylic acids is 1. The zero-order chi connectivity index (χ0) is 14.5. The minimum Gasteiger partial charge on any atom is -0.481 e. The lowest BCUT2D eigenvalue weighted by atomic mass is 10.1. The number of hydrogen-bond acceptors (Lipinski definition) is 5. The molecule has 0 radical (unpaired) electrons. The summed E-state index contributed by atoms with van der Waals surface area (Å²) in [5.41, 5.74) is 7.06. The Hall–Kier alpha value is -2.34. The molecule has 0 saturated carbocycles. The quantitative estimate of drug-likeness (QED) is 0.663. The topological polar surface area (TPSA) is 90.1 Å². The summed E-state index contributed by atoms with van der Waals surface area (Å²) in [5, 5.41) is 2.75. The Kier molecular flexibility index (Phi) is 4.37. The number of benzene rings is 1. The number of hydrogen-bond donors (Lipinski definition) is 2. The molecule has 1 aromatic carbocycles. The highest BCUT2D eigenvalue weighted by atomic mass is 35.5. The fourth-order valence-corrected chi connectivity index (χ4v) is 1.79. The van der Waals surface area contributed by atoms with E-state index in [2.05, 4.69) is 15.3 Å². The molecular weight excluding hydrogens is 280 g/mol. The van der Waals surface area contributed by atoms with E-state index in [1.54, 1.807) is 18.2 Å². The number of aromatic nitrogens is 2. The second-order valence-corrected chi connectivity index (χ2v) is 4.41. The number of rotatable bonds is 4. The van der Waals surface area contributed by atoms with Crippen LogP contribution in [0.5, 0.6) is 5.88 Å². The largest absolute Gasteiger partial charge is 0.481 e. The molecule has 20 heavy (non-hydrogen) atoms. The molecule has 0 fully saturated rings. The van der Waals surface area contributed by atoms with Gasteiger partial charge in [-0.1, -0.05) is 23.7 Å². The summed E-state index contributed by atoms with van der Waals surface area (Å²) < 4.78 is 4.95. The molecule has 0 aliphatic heterocycles. The van der Waals surface area contributed by atoms with Gasteiger partial charge in [-0.25, -0.2) is 4.98 Å². The van der Waals surface area contributed by atoms with Crippen molar-refractivity contribution in [3.8, 4) is 5.88 Å². The smallest absolute Gasteiger partial charge is 0.234 e. The highest BCUT2D eigenvalue weighted by Crippen LogP contribution is 2.16. The monoisotopic (exact) mass is 292 g/mol. The molecule has 0 unspecified atom stereocenters. The van der Waals surface area contributed by atoms with Gasteiger partial charge in [0.1, 0.15) is 5.15 Å². The summed E-state index contributed by atoms with van der Waals surface area (Å²) >= 11 is 5.79. The number of nitrogens with one attached hydrogen (secondary N) is 1. The highest BCUT2D eigenvalue weighted by Gasteiger charge is 2.09. The Morgan fingerprint density at radius 2 is 2.20 bits per heavy atom. The number of halogens is 1. The van der Waals surface area contributed by atoms with E-state index in [1.807, 2.05) is 6.07 Å². The summed E-state index contributed by atoms with van der Waals surface area (Å²) in [7, 11) is 1.46. The minimum absolute atomic E-state index is 0.100. The lowest BCUT2D eigenvalue weighted by molar-refractivity contribution is -0.115. The predicted molar refractivity (Wildman–Crippen MR) is 76.8 cm³/mol. The fraction of sp³-hybridized carbons (Fsp3) is 0.154. The van der Waals surface area contributed by atoms with Crippen LogP contribution in [0.2, 0.25) is 5.15 Å². The lowest BCUT2D eigenvalue weighted by Crippen LogP contribution is -2.16. The minimum atomic E-state index is -0.264. The zero-order valence-electron chi connectivity index (χ0n) is 10.8. The first-order chi connectivity index (χ1) is 9.56. The third-order valence-corrected chi connectivity index (χ3v) is 2.64. The molecule has 0 spiro atoms. The van der Waals surface area contributed by atoms with Crippen LogP contribution in [-0.2, 0) is 11.2 Å². The van der Waals surface area contributed by atoms with Gasteiger partial charge in [-0.05, 0) is 17.7 Å². The van der Waals surface area contributed by atoms with Crippen LogP contribution in [0.1, 0.15) is 5.56 Å². The van der Waals surface area contributed by atoms with Crippen molar-refractivity contribution >= 4 is 29.1 Å². The highest BCUT2D eigenvalue weighted by molar-refractivity contribution is 6.29. The number of nitrogen functional groups attached to an aromatic ring is 1. The second-order valence-electron chi connectivity index (χ2n) is 4.03. The van der Waals surface area contributed by atoms with E-state index in [-0.39, 0.29) is 29.3 Å². The van der Waals surface area contributed by atoms with Crippen molar-refractivity contribution in [1.82, 2.24) is 9.97 Å². The van der Waals surface area contributed by atoms with Gasteiger partial charge in [0.05, 0.1) is 13.5 Å². The molecule has 7 heteroatoms. The molecule has 0 bridgehead atoms. The number of carbonyl (C=O) groups is 1. The van der Waals surface area contributed by atoms with Gasteiger partial charge < -0.3 is 10.5 Å². The number of amides is 1. The van der Waals surface area contributed by atoms with Crippen molar-refractivity contribution in [2.75, 3.05) is 18.2 Å². The molecule has 1 heterocycles. The summed E-state index contributed by atoms with van der Waals surface area (Å²) in [6.45, 7) is 0. The summed E-state index contributed by atoms with van der Waals surface area (Å²) in [6, 6.07) is 8.55. The molecule has 3 N–H and O–H groups in total. The molecule has 6 nitrogen and oxygen atoms in total. The first-order valence-electron chi connectivity index (χ1n) is 5.79. The van der Waals surface area contributed by atoms with Crippen LogP contribution < -0.4 is 15.8 Å². The van der Waals surface area contributed by atoms with Crippen molar-refractivity contribution in [2.45, 2.75) is 6.42 Å². The molecule has 2 rings (SSSR count). The van der Waals surface area contributed by atoms with Crippen LogP contribution in [0, 0.1) is 0 Å². The van der Waals surface area contributed by atoms with E-state index in [0.717, 1.165) is 5.56 Å². The van der Waals surface area contributed by atoms with Gasteiger partial charge in [0.2, 0.25) is 17.7 Å². The van der Waals surface area contributed by atoms with Gasteiger partial charge in [0.25, 0.3) is 0 Å². The Morgan fingerprint density at radius 1 is 1.40 bits per heavy atom. The second kappa shape index (κ2) is 6.21. The average molecular weight is 293 g/mol. The number of methoxy groups -OCH3 is 1. The Bertz CT molecular complexity index is 634. The lowest BCUT2D eigenvalue weighted by Gasteiger charge is -2.06. The molecular formula is C13H13ClN4O2. The van der Waals surface area contributed by atoms with Gasteiger partial charge in [-0.15, -0.1) is 0 Å². The molecule has 0 atom stereocenters. The summed E-state index contributed by atoms with van der Waals surface area (Å²) in [5.74, 6) is 0.118. The maximum atomic E-state index is 11.9. The summed E-state index contributed by atoms with van der Waals surface area (Å²) in [4.78, 5) is 19.8. The van der Waals surface area contributed by atoms with Crippen LogP contribution in [0.4, 0.5) is 11.6 Å². The number of nitrogens with two attached hydrogens (primary N) is 1. The normalized spacial score (nSPS) is 10.1. The molecule has 0 aliphatic rings. The van der Waals surface area contributed by atoms with Crippen molar-refractivity contribution < 1.29 is 9.53 Å². The van der Waals surface area contributed by atoms with Crippen molar-refractivity contribution in [3.05, 3.63) is 41.0 Å². The van der Waals surface area contributed by atoms with E-state index in [0.29, 0.717) is 5.69 Å². The standard InChI is InChI=1S/C13H13ClN4O2/c1-20-12-7-10(14)16-13(18-12)17-11(19)6-8-3-2-4-9(15)5-8/h2-5,7H,6,15H2,1H3,(H,16,17,18,19). The van der Waals surface area contributed by atoms with Gasteiger partial charge in [0, 0.05) is 11.8 Å². The maximum Gasteiger partial charge on any atom is 0.234 e. The van der Waals surface area contributed by atoms with Crippen LogP contribution in [0.25, 0.3) is 0 Å². The summed E-state index contributed by atoms with van der Waals surface area (Å²) in [6.07, 6.45) is 0.170. The van der Waals surface area contributed by atoms with Crippen molar-refractivity contribution in [1.29, 1.82) is 0 Å². The molecule has 2 aromatic rings. The van der Waals surface area contributed by atoms with Gasteiger partial charge in [0.15, 0.2) is 0 Å². The van der Waals surface area contributed by atoms with E-state index in [4.69, 9.17) is 22.1 Å². The third-order valence-electron chi connectivity index (χ3n) is 2.45. The Morgan fingerprint density at radius 3 is 2.90 bits per heavy atom. The first kappa shape index (κ1) is 14.1. The van der Waals surface area contributed by atoms with Gasteiger partial charge in [-0.2, -0.15) is 4.98 Å². The first-order valence-corrected chi connectivity index (χ1v) is 6.17. The predicted octanol–water partition coefficient (Wildman–Crippen LogP) is 1.90. The van der Waals surface area contributed by atoms with Crippen LogP contribution in [0.3, 0.4) is 0 Å². The van der Waals surface area contributed by atoms with Crippen LogP contribution in [-0.4, -0.2) is 23.0 Å². The number of nitrogens with zero attached hydrogens (tertiary/aromatic N) is 2. The maximum absolute atomic E-state index is 11.9. The fourth-order valence-electron chi connectivity index (χ4n) is 1.61. The van der Waals surface area contributed by atoms with E-state index in [1.165, 1.54) is 13.2 Å². The number of anilines is 2. The molecule has 0 aliphatic carbocycles. The molecule has 1 aromatic heterocycles. The van der Waals surface area contributed by atoms with Crippen molar-refractivity contribution in [3.63, 3.8) is 0 Å². The van der Waals surface area contributed by atoms with E-state index in [9.17, 15) is 4.79 Å². The van der Waals surface area contributed by atoms with E-state index >= 15 is 0 Å². The third kappa shape index (κ3) is 3.83. The van der Waals surface area contributed by atoms with E-state index < -0.39 is 0 Å². The SMILES string of the molecule is COc1cc(Cl)nc(NC(=O)Cc2cccc(N)c2)n1. The zero-order valence-corrected chi connectivity index (χ0v) is 11.5. The van der Waals surface area contributed by atoms with Gasteiger partial charge >= 0.3 is 0 Å². The molecule has 0 saturated heterocycles. The number of ether oxygens (including phenoxy) is 1. The molecule has 1 amide bonds. The van der Waals surface area contributed by atoms with Crippen LogP contribution >= 0.6 is 11.6 Å². The average Bonchev–Trinajstić information content (AvgIpc) is 2.37. The van der Waals surface area contributed by atoms with Gasteiger partial charge in [-0.3, -0.25) is 10.1 Å². The Balaban J connectivity index is 2.06. The Labute approximate surface area is 120 Å². The van der Waals surface area contributed by atoms with Crippen LogP contribution in [0.15, 0.2) is 30.3 Å².